The topological polar surface area (TPSA) is 117 Å². The number of carbonyl (C=O) groups excluding carboxylic acids is 2. The van der Waals surface area contributed by atoms with Crippen LogP contribution in [0, 0.1) is 0 Å². The van der Waals surface area contributed by atoms with Crippen molar-refractivity contribution in [3.8, 4) is 0 Å². The van der Waals surface area contributed by atoms with Gasteiger partial charge in [0.05, 0.1) is 0 Å². The fourth-order valence-corrected chi connectivity index (χ4v) is 1.60. The van der Waals surface area contributed by atoms with Gasteiger partial charge in [-0.1, -0.05) is 38.5 Å². The van der Waals surface area contributed by atoms with Gasteiger partial charge in [-0.25, -0.2) is 0 Å². The standard InChI is InChI=1S/C12H22O4.H3N/c13-11(14)9-7-5-3-1-2-4-6-8-10-12(15)16;/h1-10H2,(H,13,14)(H,15,16);1H3. The zero-order valence-corrected chi connectivity index (χ0v) is 10.7. The Morgan fingerprint density at radius 3 is 1.12 bits per heavy atom. The molecule has 0 aromatic rings. The van der Waals surface area contributed by atoms with E-state index in [1.807, 2.05) is 0 Å². The Morgan fingerprint density at radius 1 is 0.647 bits per heavy atom. The summed E-state index contributed by atoms with van der Waals surface area (Å²) in [7, 11) is 0. The van der Waals surface area contributed by atoms with Crippen molar-refractivity contribution in [3.05, 3.63) is 0 Å². The molecule has 0 atom stereocenters. The third-order valence-electron chi connectivity index (χ3n) is 2.51. The van der Waals surface area contributed by atoms with Crippen molar-refractivity contribution in [2.45, 2.75) is 64.2 Å². The van der Waals surface area contributed by atoms with Crippen LogP contribution >= 0.6 is 0 Å². The first-order valence-electron chi connectivity index (χ1n) is 6.02. The monoisotopic (exact) mass is 247 g/mol. The van der Waals surface area contributed by atoms with E-state index in [2.05, 4.69) is 0 Å². The normalized spacial score (nSPS) is 9.65. The lowest BCUT2D eigenvalue weighted by Crippen LogP contribution is -2.21. The Hall–Kier alpha value is -1.10. The van der Waals surface area contributed by atoms with Crippen LogP contribution in [0.25, 0.3) is 0 Å². The summed E-state index contributed by atoms with van der Waals surface area (Å²) in [5.41, 5.74) is 0. The summed E-state index contributed by atoms with van der Waals surface area (Å²) in [6.45, 7) is 0. The summed E-state index contributed by atoms with van der Waals surface area (Å²) in [5, 5.41) is 20.2. The van der Waals surface area contributed by atoms with Gasteiger partial charge in [0.2, 0.25) is 0 Å². The lowest BCUT2D eigenvalue weighted by atomic mass is 10.1. The number of hydrogen-bond donors (Lipinski definition) is 1. The molecular formula is C12H25NO4. The molecule has 0 aromatic carbocycles. The van der Waals surface area contributed by atoms with Gasteiger partial charge in [-0.15, -0.1) is 0 Å². The number of aliphatic carboxylic acids is 2. The van der Waals surface area contributed by atoms with E-state index >= 15 is 0 Å². The summed E-state index contributed by atoms with van der Waals surface area (Å²) < 4.78 is 0. The Bertz CT molecular complexity index is 190. The fraction of sp³-hybridized carbons (Fsp3) is 0.833. The van der Waals surface area contributed by atoms with Crippen molar-refractivity contribution in [2.75, 3.05) is 0 Å². The summed E-state index contributed by atoms with van der Waals surface area (Å²) in [6, 6.07) is 0. The lowest BCUT2D eigenvalue weighted by Gasteiger charge is -2.03. The Morgan fingerprint density at radius 2 is 0.882 bits per heavy atom. The SMILES string of the molecule is O=C([O-])CCCCCCCCCCC(=O)[O-].[H+].[NH4+]. The number of rotatable bonds is 11. The highest BCUT2D eigenvalue weighted by atomic mass is 16.4. The summed E-state index contributed by atoms with van der Waals surface area (Å²) in [6.07, 6.45) is 7.88. The van der Waals surface area contributed by atoms with Crippen molar-refractivity contribution < 1.29 is 21.2 Å². The van der Waals surface area contributed by atoms with Crippen LogP contribution in [0.1, 0.15) is 65.6 Å². The first-order valence-corrected chi connectivity index (χ1v) is 6.02. The van der Waals surface area contributed by atoms with E-state index in [0.717, 1.165) is 38.5 Å². The Kier molecular flexibility index (Phi) is 13.9. The van der Waals surface area contributed by atoms with Gasteiger partial charge in [-0.2, -0.15) is 0 Å². The van der Waals surface area contributed by atoms with Gasteiger partial charge < -0.3 is 26.0 Å². The van der Waals surface area contributed by atoms with Crippen LogP contribution in [-0.4, -0.2) is 11.9 Å². The van der Waals surface area contributed by atoms with Crippen molar-refractivity contribution in [2.24, 2.45) is 0 Å². The molecule has 0 rings (SSSR count). The van der Waals surface area contributed by atoms with Gasteiger partial charge in [-0.3, -0.25) is 0 Å². The molecule has 0 aliphatic rings. The maximum Gasteiger partial charge on any atom is 1.00 e. The van der Waals surface area contributed by atoms with Gasteiger partial charge in [0.25, 0.3) is 0 Å². The van der Waals surface area contributed by atoms with Crippen molar-refractivity contribution in [3.63, 3.8) is 0 Å². The summed E-state index contributed by atoms with van der Waals surface area (Å²) in [4.78, 5) is 20.2. The molecule has 0 saturated carbocycles. The van der Waals surface area contributed by atoms with Crippen molar-refractivity contribution in [1.29, 1.82) is 0 Å². The van der Waals surface area contributed by atoms with Crippen molar-refractivity contribution in [1.82, 2.24) is 6.15 Å². The molecule has 0 radical (unpaired) electrons. The predicted octanol–water partition coefficient (Wildman–Crippen LogP) is 0.876. The van der Waals surface area contributed by atoms with Crippen LogP contribution < -0.4 is 16.4 Å². The molecule has 0 amide bonds. The molecule has 0 aromatic heterocycles. The van der Waals surface area contributed by atoms with E-state index in [0.29, 0.717) is 12.8 Å². The minimum absolute atomic E-state index is 0. The third kappa shape index (κ3) is 17.5. The van der Waals surface area contributed by atoms with Gasteiger partial charge in [-0.05, 0) is 25.7 Å². The Labute approximate surface area is 104 Å². The fourth-order valence-electron chi connectivity index (χ4n) is 1.60. The van der Waals surface area contributed by atoms with Gasteiger partial charge >= 0.3 is 1.43 Å². The highest BCUT2D eigenvalue weighted by molar-refractivity contribution is 5.64. The molecule has 17 heavy (non-hydrogen) atoms. The van der Waals surface area contributed by atoms with E-state index in [4.69, 9.17) is 0 Å². The summed E-state index contributed by atoms with van der Waals surface area (Å²) >= 11 is 0. The second-order valence-electron chi connectivity index (χ2n) is 4.07. The molecule has 0 heterocycles. The molecule has 102 valence electrons. The zero-order valence-electron chi connectivity index (χ0n) is 11.7. The molecule has 0 spiro atoms. The first kappa shape index (κ1) is 18.3. The van der Waals surface area contributed by atoms with Crippen LogP contribution in [-0.2, 0) is 9.59 Å². The highest BCUT2D eigenvalue weighted by Crippen LogP contribution is 2.10. The molecule has 0 aliphatic carbocycles. The average Bonchev–Trinajstić information content (AvgIpc) is 2.20. The lowest BCUT2D eigenvalue weighted by molar-refractivity contribution is -0.307. The minimum Gasteiger partial charge on any atom is -0.550 e. The van der Waals surface area contributed by atoms with Crippen LogP contribution in [0.4, 0.5) is 0 Å². The van der Waals surface area contributed by atoms with E-state index < -0.39 is 11.9 Å². The smallest absolute Gasteiger partial charge is 0.550 e. The molecule has 0 bridgehead atoms. The predicted molar refractivity (Wildman–Crippen MR) is 63.3 cm³/mol. The van der Waals surface area contributed by atoms with Crippen LogP contribution in [0.3, 0.4) is 0 Å². The molecule has 0 aliphatic heterocycles. The van der Waals surface area contributed by atoms with Crippen LogP contribution in [0.5, 0.6) is 0 Å². The van der Waals surface area contributed by atoms with E-state index in [-0.39, 0.29) is 20.4 Å². The molecular weight excluding hydrogens is 222 g/mol. The van der Waals surface area contributed by atoms with E-state index in [1.54, 1.807) is 0 Å². The minimum atomic E-state index is -0.970. The Balaban J connectivity index is -0.00000112. The average molecular weight is 247 g/mol. The molecule has 0 fully saturated rings. The van der Waals surface area contributed by atoms with Crippen LogP contribution in [0.2, 0.25) is 0 Å². The highest BCUT2D eigenvalue weighted by Gasteiger charge is 1.93. The molecule has 5 nitrogen and oxygen atoms in total. The molecule has 4 N–H and O–H groups in total. The molecule has 0 saturated heterocycles. The largest absolute Gasteiger partial charge is 1.00 e. The van der Waals surface area contributed by atoms with E-state index in [1.165, 1.54) is 0 Å². The zero-order chi connectivity index (χ0) is 12.2. The van der Waals surface area contributed by atoms with Gasteiger partial charge in [0.1, 0.15) is 0 Å². The summed E-state index contributed by atoms with van der Waals surface area (Å²) in [5.74, 6) is -1.94. The number of carboxylic acids is 2. The molecule has 5 heteroatoms. The number of carboxylic acid groups (broad SMARTS) is 2. The number of unbranched alkanes of at least 4 members (excludes halogenated alkanes) is 7. The molecule has 0 unspecified atom stereocenters. The number of quaternary nitrogens is 1. The maximum absolute atomic E-state index is 10.1. The van der Waals surface area contributed by atoms with Crippen molar-refractivity contribution >= 4 is 11.9 Å². The first-order chi connectivity index (χ1) is 7.63. The quantitative estimate of drug-likeness (QED) is 0.545. The van der Waals surface area contributed by atoms with Gasteiger partial charge in [0.15, 0.2) is 0 Å². The number of hydrogen-bond acceptors (Lipinski definition) is 4. The van der Waals surface area contributed by atoms with E-state index in [9.17, 15) is 19.8 Å². The third-order valence-corrected chi connectivity index (χ3v) is 2.51. The maximum atomic E-state index is 10.1. The second-order valence-corrected chi connectivity index (χ2v) is 4.07. The second kappa shape index (κ2) is 13.0. The number of carbonyl (C=O) groups is 2. The van der Waals surface area contributed by atoms with Gasteiger partial charge in [0, 0.05) is 11.9 Å². The van der Waals surface area contributed by atoms with Crippen LogP contribution in [0.15, 0.2) is 0 Å².